The number of aliphatic carboxylic acids is 1. The van der Waals surface area contributed by atoms with Crippen LogP contribution in [0.25, 0.3) is 0 Å². The van der Waals surface area contributed by atoms with Gasteiger partial charge in [-0.05, 0) is 12.1 Å². The lowest BCUT2D eigenvalue weighted by Crippen LogP contribution is -2.31. The van der Waals surface area contributed by atoms with Crippen LogP contribution in [0.15, 0.2) is 18.2 Å². The summed E-state index contributed by atoms with van der Waals surface area (Å²) in [5.74, 6) is -3.02. The fourth-order valence-electron chi connectivity index (χ4n) is 1.11. The molecule has 0 saturated heterocycles. The van der Waals surface area contributed by atoms with Crippen LogP contribution in [-0.2, 0) is 4.79 Å². The third-order valence-electron chi connectivity index (χ3n) is 2.19. The fraction of sp³-hybridized carbons (Fsp3) is 0.273. The van der Waals surface area contributed by atoms with Gasteiger partial charge in [0.15, 0.2) is 0 Å². The third kappa shape index (κ3) is 3.42. The Balaban J connectivity index is 2.71. The SMILES string of the molecule is CC(CNC(=O)c1cccc(F)c1Cl)C(=O)O. The van der Waals surface area contributed by atoms with Crippen molar-refractivity contribution in [2.45, 2.75) is 6.92 Å². The first kappa shape index (κ1) is 13.4. The van der Waals surface area contributed by atoms with Gasteiger partial charge in [0, 0.05) is 6.54 Å². The number of hydrogen-bond acceptors (Lipinski definition) is 2. The summed E-state index contributed by atoms with van der Waals surface area (Å²) in [6.07, 6.45) is 0. The summed E-state index contributed by atoms with van der Waals surface area (Å²) < 4.78 is 13.1. The van der Waals surface area contributed by atoms with Gasteiger partial charge in [-0.1, -0.05) is 24.6 Å². The molecule has 0 fully saturated rings. The molecular formula is C11H11ClFNO3. The lowest BCUT2D eigenvalue weighted by atomic mass is 10.1. The van der Waals surface area contributed by atoms with Crippen molar-refractivity contribution in [3.8, 4) is 0 Å². The second-order valence-corrected chi connectivity index (χ2v) is 3.93. The summed E-state index contributed by atoms with van der Waals surface area (Å²) in [6, 6.07) is 3.86. The van der Waals surface area contributed by atoms with E-state index in [1.165, 1.54) is 19.1 Å². The Morgan fingerprint density at radius 3 is 2.76 bits per heavy atom. The summed E-state index contributed by atoms with van der Waals surface area (Å²) >= 11 is 5.61. The number of nitrogens with one attached hydrogen (secondary N) is 1. The highest BCUT2D eigenvalue weighted by Crippen LogP contribution is 2.19. The van der Waals surface area contributed by atoms with Crippen molar-refractivity contribution in [1.29, 1.82) is 0 Å². The molecular weight excluding hydrogens is 249 g/mol. The summed E-state index contributed by atoms with van der Waals surface area (Å²) in [4.78, 5) is 22.1. The highest BCUT2D eigenvalue weighted by molar-refractivity contribution is 6.34. The summed E-state index contributed by atoms with van der Waals surface area (Å²) in [5, 5.41) is 10.7. The largest absolute Gasteiger partial charge is 0.481 e. The van der Waals surface area contributed by atoms with E-state index in [1.807, 2.05) is 0 Å². The number of halogens is 2. The molecule has 0 spiro atoms. The van der Waals surface area contributed by atoms with E-state index in [2.05, 4.69) is 5.32 Å². The molecule has 1 aromatic carbocycles. The third-order valence-corrected chi connectivity index (χ3v) is 2.57. The van der Waals surface area contributed by atoms with Crippen molar-refractivity contribution < 1.29 is 19.1 Å². The molecule has 1 aromatic rings. The molecule has 0 aliphatic carbocycles. The second kappa shape index (κ2) is 5.63. The van der Waals surface area contributed by atoms with E-state index in [0.717, 1.165) is 6.07 Å². The van der Waals surface area contributed by atoms with Crippen molar-refractivity contribution in [2.24, 2.45) is 5.92 Å². The normalized spacial score (nSPS) is 11.9. The lowest BCUT2D eigenvalue weighted by molar-refractivity contribution is -0.140. The molecule has 0 saturated carbocycles. The average molecular weight is 260 g/mol. The molecule has 1 amide bonds. The van der Waals surface area contributed by atoms with E-state index >= 15 is 0 Å². The molecule has 0 aromatic heterocycles. The van der Waals surface area contributed by atoms with Gasteiger partial charge in [0.2, 0.25) is 0 Å². The van der Waals surface area contributed by atoms with E-state index in [-0.39, 0.29) is 17.1 Å². The molecule has 0 bridgehead atoms. The molecule has 0 heterocycles. The van der Waals surface area contributed by atoms with Gasteiger partial charge in [-0.3, -0.25) is 9.59 Å². The van der Waals surface area contributed by atoms with Crippen LogP contribution in [0.3, 0.4) is 0 Å². The zero-order chi connectivity index (χ0) is 13.0. The number of amides is 1. The Labute approximate surface area is 102 Å². The highest BCUT2D eigenvalue weighted by Gasteiger charge is 2.16. The maximum absolute atomic E-state index is 13.1. The Kier molecular flexibility index (Phi) is 4.45. The lowest BCUT2D eigenvalue weighted by Gasteiger charge is -2.09. The minimum atomic E-state index is -1.02. The first-order chi connectivity index (χ1) is 7.93. The predicted octanol–water partition coefficient (Wildman–Crippen LogP) is 1.93. The number of carbonyl (C=O) groups excluding carboxylic acids is 1. The first-order valence-electron chi connectivity index (χ1n) is 4.88. The van der Waals surface area contributed by atoms with E-state index < -0.39 is 23.6 Å². The zero-order valence-electron chi connectivity index (χ0n) is 9.04. The Bertz CT molecular complexity index is 450. The van der Waals surface area contributed by atoms with Crippen LogP contribution in [0.4, 0.5) is 4.39 Å². The van der Waals surface area contributed by atoms with Gasteiger partial charge in [0.05, 0.1) is 16.5 Å². The Morgan fingerprint density at radius 2 is 2.18 bits per heavy atom. The van der Waals surface area contributed by atoms with Crippen LogP contribution in [0.1, 0.15) is 17.3 Å². The Hall–Kier alpha value is -1.62. The molecule has 0 aliphatic heterocycles. The topological polar surface area (TPSA) is 66.4 Å². The zero-order valence-corrected chi connectivity index (χ0v) is 9.79. The minimum absolute atomic E-state index is 0.00995. The van der Waals surface area contributed by atoms with Crippen molar-refractivity contribution in [3.05, 3.63) is 34.6 Å². The quantitative estimate of drug-likeness (QED) is 0.868. The first-order valence-corrected chi connectivity index (χ1v) is 5.26. The van der Waals surface area contributed by atoms with Crippen molar-refractivity contribution >= 4 is 23.5 Å². The number of carboxylic acids is 1. The van der Waals surface area contributed by atoms with Gasteiger partial charge >= 0.3 is 5.97 Å². The van der Waals surface area contributed by atoms with E-state index in [4.69, 9.17) is 16.7 Å². The highest BCUT2D eigenvalue weighted by atomic mass is 35.5. The van der Waals surface area contributed by atoms with Crippen molar-refractivity contribution in [3.63, 3.8) is 0 Å². The van der Waals surface area contributed by atoms with Crippen LogP contribution >= 0.6 is 11.6 Å². The van der Waals surface area contributed by atoms with E-state index in [9.17, 15) is 14.0 Å². The number of hydrogen-bond donors (Lipinski definition) is 2. The van der Waals surface area contributed by atoms with Gasteiger partial charge < -0.3 is 10.4 Å². The fourth-order valence-corrected chi connectivity index (χ4v) is 1.32. The minimum Gasteiger partial charge on any atom is -0.481 e. The molecule has 92 valence electrons. The van der Waals surface area contributed by atoms with Crippen LogP contribution in [0.2, 0.25) is 5.02 Å². The molecule has 1 unspecified atom stereocenters. The standard InChI is InChI=1S/C11H11ClFNO3/c1-6(11(16)17)5-14-10(15)7-3-2-4-8(13)9(7)12/h2-4,6H,5H2,1H3,(H,14,15)(H,16,17). The second-order valence-electron chi connectivity index (χ2n) is 3.55. The summed E-state index contributed by atoms with van der Waals surface area (Å²) in [6.45, 7) is 1.41. The molecule has 1 rings (SSSR count). The molecule has 6 heteroatoms. The van der Waals surface area contributed by atoms with Gasteiger partial charge in [-0.2, -0.15) is 0 Å². The van der Waals surface area contributed by atoms with Crippen molar-refractivity contribution in [1.82, 2.24) is 5.32 Å². The number of carboxylic acid groups (broad SMARTS) is 1. The summed E-state index contributed by atoms with van der Waals surface area (Å²) in [5.41, 5.74) is -0.00995. The number of rotatable bonds is 4. The molecule has 1 atom stereocenters. The summed E-state index contributed by atoms with van der Waals surface area (Å²) in [7, 11) is 0. The number of carbonyl (C=O) groups is 2. The maximum Gasteiger partial charge on any atom is 0.308 e. The van der Waals surface area contributed by atoms with Crippen LogP contribution in [0, 0.1) is 11.7 Å². The molecule has 2 N–H and O–H groups in total. The van der Waals surface area contributed by atoms with Gasteiger partial charge in [0.25, 0.3) is 5.91 Å². The van der Waals surface area contributed by atoms with Crippen LogP contribution in [-0.4, -0.2) is 23.5 Å². The molecule has 0 radical (unpaired) electrons. The monoisotopic (exact) mass is 259 g/mol. The van der Waals surface area contributed by atoms with Crippen LogP contribution < -0.4 is 5.32 Å². The van der Waals surface area contributed by atoms with Gasteiger partial charge in [-0.25, -0.2) is 4.39 Å². The van der Waals surface area contributed by atoms with E-state index in [0.29, 0.717) is 0 Å². The number of benzene rings is 1. The Morgan fingerprint density at radius 1 is 1.53 bits per heavy atom. The van der Waals surface area contributed by atoms with Crippen LogP contribution in [0.5, 0.6) is 0 Å². The van der Waals surface area contributed by atoms with Gasteiger partial charge in [-0.15, -0.1) is 0 Å². The maximum atomic E-state index is 13.1. The molecule has 17 heavy (non-hydrogen) atoms. The van der Waals surface area contributed by atoms with E-state index in [1.54, 1.807) is 0 Å². The van der Waals surface area contributed by atoms with Crippen molar-refractivity contribution in [2.75, 3.05) is 6.54 Å². The average Bonchev–Trinajstić information content (AvgIpc) is 2.29. The smallest absolute Gasteiger partial charge is 0.308 e. The molecule has 4 nitrogen and oxygen atoms in total. The van der Waals surface area contributed by atoms with Gasteiger partial charge in [0.1, 0.15) is 5.82 Å². The molecule has 0 aliphatic rings. The predicted molar refractivity (Wildman–Crippen MR) is 60.5 cm³/mol.